The molecule has 0 spiro atoms. The summed E-state index contributed by atoms with van der Waals surface area (Å²) in [5, 5.41) is 12.9. The Morgan fingerprint density at radius 2 is 1.74 bits per heavy atom. The van der Waals surface area contributed by atoms with Crippen LogP contribution in [0.1, 0.15) is 29.3 Å². The number of hydrogen-bond acceptors (Lipinski definition) is 4. The normalized spacial score (nSPS) is 11.9. The predicted molar refractivity (Wildman–Crippen MR) is 91.0 cm³/mol. The summed E-state index contributed by atoms with van der Waals surface area (Å²) >= 11 is 0. The van der Waals surface area contributed by atoms with Crippen molar-refractivity contribution in [1.29, 1.82) is 0 Å². The fourth-order valence-corrected chi connectivity index (χ4v) is 2.16. The van der Waals surface area contributed by atoms with Gasteiger partial charge in [0.15, 0.2) is 5.78 Å². The Labute approximate surface area is 137 Å². The zero-order valence-corrected chi connectivity index (χ0v) is 13.4. The van der Waals surface area contributed by atoms with Gasteiger partial charge < -0.3 is 15.2 Å². The Kier molecular flexibility index (Phi) is 6.78. The second-order valence-electron chi connectivity index (χ2n) is 5.39. The first-order valence-corrected chi connectivity index (χ1v) is 7.92. The Morgan fingerprint density at radius 3 is 2.39 bits per heavy atom. The summed E-state index contributed by atoms with van der Waals surface area (Å²) in [4.78, 5) is 12.3. The van der Waals surface area contributed by atoms with Crippen molar-refractivity contribution in [2.45, 2.75) is 19.4 Å². The molecule has 0 saturated heterocycles. The molecule has 1 atom stereocenters. The topological polar surface area (TPSA) is 58.6 Å². The van der Waals surface area contributed by atoms with Crippen LogP contribution in [0.4, 0.5) is 0 Å². The minimum Gasteiger partial charge on any atom is -0.491 e. The van der Waals surface area contributed by atoms with Crippen LogP contribution in [-0.2, 0) is 0 Å². The lowest BCUT2D eigenvalue weighted by molar-refractivity contribution is 0.103. The third kappa shape index (κ3) is 5.51. The maximum Gasteiger partial charge on any atom is 0.193 e. The molecule has 0 fully saturated rings. The highest BCUT2D eigenvalue weighted by Gasteiger charge is 2.09. The zero-order valence-electron chi connectivity index (χ0n) is 13.4. The van der Waals surface area contributed by atoms with Gasteiger partial charge in [-0.15, -0.1) is 0 Å². The van der Waals surface area contributed by atoms with E-state index in [-0.39, 0.29) is 12.4 Å². The third-order valence-corrected chi connectivity index (χ3v) is 3.40. The van der Waals surface area contributed by atoms with E-state index in [1.54, 1.807) is 36.4 Å². The monoisotopic (exact) mass is 313 g/mol. The molecule has 0 aromatic heterocycles. The largest absolute Gasteiger partial charge is 0.491 e. The van der Waals surface area contributed by atoms with Gasteiger partial charge in [-0.1, -0.05) is 37.3 Å². The van der Waals surface area contributed by atoms with E-state index in [0.29, 0.717) is 23.4 Å². The minimum absolute atomic E-state index is 0.0130. The molecule has 4 nitrogen and oxygen atoms in total. The number of hydrogen-bond donors (Lipinski definition) is 2. The van der Waals surface area contributed by atoms with Crippen LogP contribution in [0.2, 0.25) is 0 Å². The van der Waals surface area contributed by atoms with E-state index < -0.39 is 6.10 Å². The van der Waals surface area contributed by atoms with Crippen molar-refractivity contribution in [3.63, 3.8) is 0 Å². The van der Waals surface area contributed by atoms with E-state index in [9.17, 15) is 9.90 Å². The molecular formula is C19H23NO3. The predicted octanol–water partition coefficient (Wildman–Crippen LogP) is 2.66. The number of ketones is 1. The van der Waals surface area contributed by atoms with Gasteiger partial charge in [-0.25, -0.2) is 0 Å². The minimum atomic E-state index is -0.549. The Morgan fingerprint density at radius 1 is 1.09 bits per heavy atom. The standard InChI is InChI=1S/C19H23NO3/c1-2-12-20-13-17(21)14-23-18-10-8-16(9-11-18)19(22)15-6-4-3-5-7-15/h3-11,17,20-21H,2,12-14H2,1H3/t17-/m1/s1. The molecule has 0 bridgehead atoms. The molecule has 0 amide bonds. The van der Waals surface area contributed by atoms with Crippen LogP contribution in [0.3, 0.4) is 0 Å². The zero-order chi connectivity index (χ0) is 16.5. The summed E-state index contributed by atoms with van der Waals surface area (Å²) < 4.78 is 5.54. The molecule has 2 N–H and O–H groups in total. The van der Waals surface area contributed by atoms with Gasteiger partial charge in [0.25, 0.3) is 0 Å². The quantitative estimate of drug-likeness (QED) is 0.552. The van der Waals surface area contributed by atoms with Crippen molar-refractivity contribution < 1.29 is 14.6 Å². The number of carbonyl (C=O) groups excluding carboxylic acids is 1. The Bertz CT molecular complexity index is 596. The van der Waals surface area contributed by atoms with E-state index in [1.807, 2.05) is 18.2 Å². The van der Waals surface area contributed by atoms with E-state index in [2.05, 4.69) is 12.2 Å². The van der Waals surface area contributed by atoms with E-state index in [0.717, 1.165) is 13.0 Å². The van der Waals surface area contributed by atoms with Crippen LogP contribution in [0.5, 0.6) is 5.75 Å². The highest BCUT2D eigenvalue weighted by Crippen LogP contribution is 2.15. The number of rotatable bonds is 9. The van der Waals surface area contributed by atoms with Gasteiger partial charge in [-0.2, -0.15) is 0 Å². The summed E-state index contributed by atoms with van der Waals surface area (Å²) in [6.45, 7) is 3.70. The second-order valence-corrected chi connectivity index (χ2v) is 5.39. The SMILES string of the molecule is CCCNC[C@@H](O)COc1ccc(C(=O)c2ccccc2)cc1. The third-order valence-electron chi connectivity index (χ3n) is 3.40. The Hall–Kier alpha value is -2.17. The molecule has 2 aromatic carbocycles. The molecule has 0 aliphatic carbocycles. The van der Waals surface area contributed by atoms with Crippen molar-refractivity contribution in [1.82, 2.24) is 5.32 Å². The molecule has 0 saturated carbocycles. The second kappa shape index (κ2) is 9.08. The van der Waals surface area contributed by atoms with E-state index in [4.69, 9.17) is 4.74 Å². The van der Waals surface area contributed by atoms with Gasteiger partial charge in [0.1, 0.15) is 18.5 Å². The maximum absolute atomic E-state index is 12.3. The van der Waals surface area contributed by atoms with Crippen molar-refractivity contribution in [2.24, 2.45) is 0 Å². The number of ether oxygens (including phenoxy) is 1. The average molecular weight is 313 g/mol. The number of aliphatic hydroxyl groups is 1. The van der Waals surface area contributed by atoms with E-state index in [1.165, 1.54) is 0 Å². The van der Waals surface area contributed by atoms with Crippen LogP contribution in [0, 0.1) is 0 Å². The first-order chi connectivity index (χ1) is 11.2. The summed E-state index contributed by atoms with van der Waals surface area (Å²) in [5.41, 5.74) is 1.28. The molecule has 2 rings (SSSR count). The van der Waals surface area contributed by atoms with Gasteiger partial charge in [-0.3, -0.25) is 4.79 Å². The number of carbonyl (C=O) groups is 1. The van der Waals surface area contributed by atoms with Crippen LogP contribution in [0.25, 0.3) is 0 Å². The molecule has 23 heavy (non-hydrogen) atoms. The van der Waals surface area contributed by atoms with Crippen molar-refractivity contribution in [2.75, 3.05) is 19.7 Å². The molecule has 0 unspecified atom stereocenters. The first kappa shape index (κ1) is 17.2. The first-order valence-electron chi connectivity index (χ1n) is 7.92. The van der Waals surface area contributed by atoms with E-state index >= 15 is 0 Å². The van der Waals surface area contributed by atoms with Crippen LogP contribution in [-0.4, -0.2) is 36.7 Å². The van der Waals surface area contributed by atoms with Crippen LogP contribution < -0.4 is 10.1 Å². The molecule has 0 heterocycles. The molecular weight excluding hydrogens is 290 g/mol. The van der Waals surface area contributed by atoms with Crippen molar-refractivity contribution in [3.05, 3.63) is 65.7 Å². The van der Waals surface area contributed by atoms with Gasteiger partial charge in [-0.05, 0) is 37.2 Å². The van der Waals surface area contributed by atoms with Crippen LogP contribution >= 0.6 is 0 Å². The van der Waals surface area contributed by atoms with Crippen molar-refractivity contribution in [3.8, 4) is 5.75 Å². The van der Waals surface area contributed by atoms with Gasteiger partial charge in [0.2, 0.25) is 0 Å². The average Bonchev–Trinajstić information content (AvgIpc) is 2.61. The van der Waals surface area contributed by atoms with Crippen molar-refractivity contribution >= 4 is 5.78 Å². The number of nitrogens with one attached hydrogen (secondary N) is 1. The fraction of sp³-hybridized carbons (Fsp3) is 0.316. The summed E-state index contributed by atoms with van der Waals surface area (Å²) in [7, 11) is 0. The lowest BCUT2D eigenvalue weighted by Gasteiger charge is -2.13. The molecule has 2 aromatic rings. The molecule has 4 heteroatoms. The highest BCUT2D eigenvalue weighted by atomic mass is 16.5. The van der Waals surface area contributed by atoms with Gasteiger partial charge in [0, 0.05) is 17.7 Å². The molecule has 0 radical (unpaired) electrons. The molecule has 122 valence electrons. The summed E-state index contributed by atoms with van der Waals surface area (Å²) in [5.74, 6) is 0.630. The smallest absolute Gasteiger partial charge is 0.193 e. The lowest BCUT2D eigenvalue weighted by atomic mass is 10.0. The lowest BCUT2D eigenvalue weighted by Crippen LogP contribution is -2.31. The summed E-state index contributed by atoms with van der Waals surface area (Å²) in [6, 6.07) is 16.2. The molecule has 0 aliphatic heterocycles. The van der Waals surface area contributed by atoms with Crippen LogP contribution in [0.15, 0.2) is 54.6 Å². The summed E-state index contributed by atoms with van der Waals surface area (Å²) in [6.07, 6.45) is 0.483. The number of aliphatic hydroxyl groups excluding tert-OH is 1. The van der Waals surface area contributed by atoms with Gasteiger partial charge >= 0.3 is 0 Å². The Balaban J connectivity index is 1.86. The fourth-order valence-electron chi connectivity index (χ4n) is 2.16. The molecule has 0 aliphatic rings. The number of benzene rings is 2. The highest BCUT2D eigenvalue weighted by molar-refractivity contribution is 6.08. The maximum atomic E-state index is 12.3. The van der Waals surface area contributed by atoms with Gasteiger partial charge in [0.05, 0.1) is 0 Å².